The summed E-state index contributed by atoms with van der Waals surface area (Å²) in [6.45, 7) is 0.602. The van der Waals surface area contributed by atoms with Gasteiger partial charge in [0, 0.05) is 11.8 Å². The van der Waals surface area contributed by atoms with Crippen LogP contribution in [0.3, 0.4) is 0 Å². The second-order valence-corrected chi connectivity index (χ2v) is 5.07. The van der Waals surface area contributed by atoms with Crippen LogP contribution >= 0.6 is 17.0 Å². The molecular formula is C19H20BrNO. The summed E-state index contributed by atoms with van der Waals surface area (Å²) in [6.07, 6.45) is 0.787. The van der Waals surface area contributed by atoms with Crippen molar-refractivity contribution in [2.24, 2.45) is 5.73 Å². The molecule has 0 aliphatic carbocycles. The first-order valence-corrected chi connectivity index (χ1v) is 7.28. The molecule has 2 nitrogen and oxygen atoms in total. The number of nitrogens with two attached hydrogens (primary N) is 1. The zero-order chi connectivity index (χ0) is 14.5. The van der Waals surface area contributed by atoms with Gasteiger partial charge in [0.25, 0.3) is 0 Å². The summed E-state index contributed by atoms with van der Waals surface area (Å²) in [5.74, 6) is 0.912. The Morgan fingerprint density at radius 3 is 2.27 bits per heavy atom. The zero-order valence-electron chi connectivity index (χ0n) is 12.3. The Balaban J connectivity index is 0.00000176. The Morgan fingerprint density at radius 1 is 0.818 bits per heavy atom. The van der Waals surface area contributed by atoms with Gasteiger partial charge in [-0.25, -0.2) is 0 Å². The standard InChI is InChI=1S/C19H19NO.BrH/c20-14-13-18(16-8-2-1-3-9-16)21-19-12-6-10-15-7-4-5-11-17(15)19;/h1-12,18H,13-14,20H2;1H. The van der Waals surface area contributed by atoms with E-state index in [9.17, 15) is 0 Å². The normalized spacial score (nSPS) is 11.7. The molecule has 3 heteroatoms. The monoisotopic (exact) mass is 357 g/mol. The molecule has 0 fully saturated rings. The van der Waals surface area contributed by atoms with E-state index >= 15 is 0 Å². The maximum Gasteiger partial charge on any atom is 0.128 e. The maximum atomic E-state index is 6.27. The van der Waals surface area contributed by atoms with Crippen LogP contribution in [0.1, 0.15) is 18.1 Å². The SMILES string of the molecule is Br.NCCC(Oc1cccc2ccccc12)c1ccccc1. The van der Waals surface area contributed by atoms with Crippen molar-refractivity contribution in [3.63, 3.8) is 0 Å². The van der Waals surface area contributed by atoms with E-state index in [2.05, 4.69) is 30.3 Å². The summed E-state index contributed by atoms with van der Waals surface area (Å²) in [4.78, 5) is 0. The van der Waals surface area contributed by atoms with E-state index in [0.717, 1.165) is 23.1 Å². The van der Waals surface area contributed by atoms with Gasteiger partial charge in [-0.05, 0) is 23.6 Å². The molecule has 22 heavy (non-hydrogen) atoms. The van der Waals surface area contributed by atoms with Crippen molar-refractivity contribution in [1.29, 1.82) is 0 Å². The average molecular weight is 358 g/mol. The number of halogens is 1. The van der Waals surface area contributed by atoms with Crippen molar-refractivity contribution in [3.05, 3.63) is 78.4 Å². The number of benzene rings is 3. The van der Waals surface area contributed by atoms with Crippen molar-refractivity contribution < 1.29 is 4.74 Å². The maximum absolute atomic E-state index is 6.27. The van der Waals surface area contributed by atoms with Gasteiger partial charge in [0.1, 0.15) is 11.9 Å². The van der Waals surface area contributed by atoms with Crippen molar-refractivity contribution in [2.45, 2.75) is 12.5 Å². The molecule has 0 aliphatic rings. The summed E-state index contributed by atoms with van der Waals surface area (Å²) in [6, 6.07) is 24.7. The number of hydrogen-bond donors (Lipinski definition) is 1. The third-order valence-electron chi connectivity index (χ3n) is 3.62. The highest BCUT2D eigenvalue weighted by Gasteiger charge is 2.13. The van der Waals surface area contributed by atoms with E-state index in [1.54, 1.807) is 0 Å². The van der Waals surface area contributed by atoms with Gasteiger partial charge in [-0.15, -0.1) is 17.0 Å². The fourth-order valence-corrected chi connectivity index (χ4v) is 2.56. The molecule has 0 aromatic heterocycles. The van der Waals surface area contributed by atoms with Crippen LogP contribution in [0.5, 0.6) is 5.75 Å². The fraction of sp³-hybridized carbons (Fsp3) is 0.158. The lowest BCUT2D eigenvalue weighted by molar-refractivity contribution is 0.200. The van der Waals surface area contributed by atoms with Gasteiger partial charge in [-0.3, -0.25) is 0 Å². The van der Waals surface area contributed by atoms with Gasteiger partial charge in [-0.2, -0.15) is 0 Å². The number of hydrogen-bond acceptors (Lipinski definition) is 2. The predicted molar refractivity (Wildman–Crippen MR) is 97.8 cm³/mol. The molecule has 0 radical (unpaired) electrons. The third kappa shape index (κ3) is 3.67. The molecule has 3 aromatic carbocycles. The minimum atomic E-state index is -0.0120. The van der Waals surface area contributed by atoms with Crippen LogP contribution < -0.4 is 10.5 Å². The number of rotatable bonds is 5. The third-order valence-corrected chi connectivity index (χ3v) is 3.62. The molecule has 0 saturated carbocycles. The summed E-state index contributed by atoms with van der Waals surface area (Å²) in [5, 5.41) is 2.33. The lowest BCUT2D eigenvalue weighted by Crippen LogP contribution is -2.13. The van der Waals surface area contributed by atoms with E-state index in [1.165, 1.54) is 5.39 Å². The molecule has 0 bridgehead atoms. The van der Waals surface area contributed by atoms with Crippen molar-refractivity contribution >= 4 is 27.8 Å². The Morgan fingerprint density at radius 2 is 1.50 bits per heavy atom. The van der Waals surface area contributed by atoms with Gasteiger partial charge >= 0.3 is 0 Å². The second-order valence-electron chi connectivity index (χ2n) is 5.07. The molecule has 0 spiro atoms. The van der Waals surface area contributed by atoms with Gasteiger partial charge in [0.15, 0.2) is 0 Å². The van der Waals surface area contributed by atoms with Crippen molar-refractivity contribution in [3.8, 4) is 5.75 Å². The van der Waals surface area contributed by atoms with Gasteiger partial charge in [0.2, 0.25) is 0 Å². The van der Waals surface area contributed by atoms with Crippen LogP contribution in [0.2, 0.25) is 0 Å². The Bertz CT molecular complexity index is 709. The summed E-state index contributed by atoms with van der Waals surface area (Å²) in [7, 11) is 0. The lowest BCUT2D eigenvalue weighted by Gasteiger charge is -2.20. The van der Waals surface area contributed by atoms with Gasteiger partial charge in [0.05, 0.1) is 0 Å². The molecule has 114 valence electrons. The molecular weight excluding hydrogens is 338 g/mol. The number of fused-ring (bicyclic) bond motifs is 1. The molecule has 3 rings (SSSR count). The van der Waals surface area contributed by atoms with Crippen LogP contribution in [-0.4, -0.2) is 6.54 Å². The fourth-order valence-electron chi connectivity index (χ4n) is 2.56. The molecule has 1 unspecified atom stereocenters. The smallest absolute Gasteiger partial charge is 0.128 e. The summed E-state index contributed by atoms with van der Waals surface area (Å²) in [5.41, 5.74) is 6.92. The van der Waals surface area contributed by atoms with Gasteiger partial charge in [-0.1, -0.05) is 66.7 Å². The molecule has 0 amide bonds. The minimum Gasteiger partial charge on any atom is -0.485 e. The largest absolute Gasteiger partial charge is 0.485 e. The van der Waals surface area contributed by atoms with E-state index in [0.29, 0.717) is 6.54 Å². The first-order chi connectivity index (χ1) is 10.4. The molecule has 3 aromatic rings. The first-order valence-electron chi connectivity index (χ1n) is 7.28. The van der Waals surface area contributed by atoms with Crippen LogP contribution in [0.25, 0.3) is 10.8 Å². The molecule has 1 atom stereocenters. The quantitative estimate of drug-likeness (QED) is 0.705. The molecule has 2 N–H and O–H groups in total. The lowest BCUT2D eigenvalue weighted by atomic mass is 10.1. The molecule has 0 saturated heterocycles. The highest BCUT2D eigenvalue weighted by Crippen LogP contribution is 2.30. The topological polar surface area (TPSA) is 35.2 Å². The van der Waals surface area contributed by atoms with E-state index < -0.39 is 0 Å². The average Bonchev–Trinajstić information content (AvgIpc) is 2.55. The van der Waals surface area contributed by atoms with Crippen LogP contribution in [0, 0.1) is 0 Å². The summed E-state index contributed by atoms with van der Waals surface area (Å²) < 4.78 is 6.27. The molecule has 0 aliphatic heterocycles. The van der Waals surface area contributed by atoms with Crippen LogP contribution in [0.15, 0.2) is 72.8 Å². The predicted octanol–water partition coefficient (Wildman–Crippen LogP) is 4.89. The first kappa shape index (κ1) is 16.5. The van der Waals surface area contributed by atoms with E-state index in [-0.39, 0.29) is 23.1 Å². The molecule has 0 heterocycles. The number of ether oxygens (including phenoxy) is 1. The Labute approximate surface area is 141 Å². The highest BCUT2D eigenvalue weighted by molar-refractivity contribution is 8.93. The zero-order valence-corrected chi connectivity index (χ0v) is 14.0. The Kier molecular flexibility index (Phi) is 5.99. The van der Waals surface area contributed by atoms with E-state index in [4.69, 9.17) is 10.5 Å². The van der Waals surface area contributed by atoms with Gasteiger partial charge < -0.3 is 10.5 Å². The van der Waals surface area contributed by atoms with Crippen LogP contribution in [0.4, 0.5) is 0 Å². The van der Waals surface area contributed by atoms with Crippen molar-refractivity contribution in [2.75, 3.05) is 6.54 Å². The second kappa shape index (κ2) is 7.97. The highest BCUT2D eigenvalue weighted by atomic mass is 79.9. The van der Waals surface area contributed by atoms with Crippen molar-refractivity contribution in [1.82, 2.24) is 0 Å². The Hall–Kier alpha value is -1.84. The summed E-state index contributed by atoms with van der Waals surface area (Å²) >= 11 is 0. The van der Waals surface area contributed by atoms with Crippen LogP contribution in [-0.2, 0) is 0 Å². The minimum absolute atomic E-state index is 0. The van der Waals surface area contributed by atoms with E-state index in [1.807, 2.05) is 42.5 Å².